The third-order valence-corrected chi connectivity index (χ3v) is 6.20. The predicted molar refractivity (Wildman–Crippen MR) is 113 cm³/mol. The summed E-state index contributed by atoms with van der Waals surface area (Å²) in [5.41, 5.74) is 0.120. The van der Waals surface area contributed by atoms with Gasteiger partial charge in [0.1, 0.15) is 0 Å². The number of aromatic nitrogens is 1. The fourth-order valence-corrected chi connectivity index (χ4v) is 4.76. The molecule has 1 amide bonds. The van der Waals surface area contributed by atoms with Crippen molar-refractivity contribution in [3.63, 3.8) is 0 Å². The highest BCUT2D eigenvalue weighted by Gasteiger charge is 2.46. The summed E-state index contributed by atoms with van der Waals surface area (Å²) in [6, 6.07) is 7.73. The highest BCUT2D eigenvalue weighted by molar-refractivity contribution is 7.10. The normalized spacial score (nSPS) is 26.2. The van der Waals surface area contributed by atoms with Crippen molar-refractivity contribution in [2.24, 2.45) is 5.41 Å². The van der Waals surface area contributed by atoms with E-state index in [4.69, 9.17) is 0 Å². The third-order valence-electron chi connectivity index (χ3n) is 5.26. The number of carbonyl (C=O) groups is 1. The van der Waals surface area contributed by atoms with E-state index in [9.17, 15) is 9.90 Å². The van der Waals surface area contributed by atoms with E-state index in [1.807, 2.05) is 25.1 Å². The monoisotopic (exact) mass is 401 g/mol. The Kier molecular flexibility index (Phi) is 6.22. The van der Waals surface area contributed by atoms with Crippen LogP contribution in [0.1, 0.15) is 57.0 Å². The molecule has 1 saturated heterocycles. The molecule has 1 aliphatic rings. The first-order chi connectivity index (χ1) is 13.2. The standard InChI is InChI=1S/C22H31N3O2S/c1-21(2,3)14-18(26)24-20-19(17-6-5-13-28-17)25(12-9-22(20,4)27)15-16-7-10-23-11-8-16/h5-8,10-11,13,19-20,27H,9,12,14-15H2,1-4H3,(H,24,26). The maximum absolute atomic E-state index is 12.7. The van der Waals surface area contributed by atoms with Gasteiger partial charge in [-0.05, 0) is 47.9 Å². The maximum Gasteiger partial charge on any atom is 0.220 e. The van der Waals surface area contributed by atoms with Gasteiger partial charge < -0.3 is 10.4 Å². The molecule has 3 atom stereocenters. The second-order valence-corrected chi connectivity index (χ2v) is 10.2. The molecule has 3 heterocycles. The second kappa shape index (κ2) is 8.31. The summed E-state index contributed by atoms with van der Waals surface area (Å²) in [7, 11) is 0. The molecular weight excluding hydrogens is 370 g/mol. The molecule has 0 bridgehead atoms. The van der Waals surface area contributed by atoms with Crippen LogP contribution in [0.4, 0.5) is 0 Å². The van der Waals surface area contributed by atoms with Crippen LogP contribution < -0.4 is 5.32 Å². The van der Waals surface area contributed by atoms with Gasteiger partial charge in [0, 0.05) is 36.8 Å². The molecule has 3 rings (SSSR count). The number of aliphatic hydroxyl groups is 1. The number of nitrogens with one attached hydrogen (secondary N) is 1. The molecule has 2 aromatic rings. The summed E-state index contributed by atoms with van der Waals surface area (Å²) < 4.78 is 0. The van der Waals surface area contributed by atoms with Gasteiger partial charge in [-0.15, -0.1) is 11.3 Å². The lowest BCUT2D eigenvalue weighted by Crippen LogP contribution is -2.62. The average Bonchev–Trinajstić information content (AvgIpc) is 3.11. The number of carbonyl (C=O) groups excluding carboxylic acids is 1. The van der Waals surface area contributed by atoms with E-state index in [0.717, 1.165) is 18.0 Å². The van der Waals surface area contributed by atoms with E-state index in [-0.39, 0.29) is 23.4 Å². The minimum atomic E-state index is -0.961. The van der Waals surface area contributed by atoms with Crippen molar-refractivity contribution in [3.05, 3.63) is 52.5 Å². The molecule has 3 unspecified atom stereocenters. The molecule has 5 nitrogen and oxygen atoms in total. The minimum absolute atomic E-state index is 0.00917. The predicted octanol–water partition coefficient (Wildman–Crippen LogP) is 3.76. The van der Waals surface area contributed by atoms with E-state index in [2.05, 4.69) is 47.4 Å². The number of hydrogen-bond acceptors (Lipinski definition) is 5. The molecule has 0 radical (unpaired) electrons. The zero-order chi connectivity index (χ0) is 20.4. The zero-order valence-corrected chi connectivity index (χ0v) is 18.0. The van der Waals surface area contributed by atoms with Gasteiger partial charge in [0.2, 0.25) is 5.91 Å². The number of thiophene rings is 1. The van der Waals surface area contributed by atoms with Crippen LogP contribution in [0, 0.1) is 5.41 Å². The Hall–Kier alpha value is -1.76. The number of likely N-dealkylation sites (tertiary alicyclic amines) is 1. The fraction of sp³-hybridized carbons (Fsp3) is 0.545. The molecule has 1 fully saturated rings. The number of rotatable bonds is 5. The Morgan fingerprint density at radius 2 is 2.07 bits per heavy atom. The quantitative estimate of drug-likeness (QED) is 0.801. The molecule has 0 aliphatic carbocycles. The average molecular weight is 402 g/mol. The molecule has 0 spiro atoms. The Morgan fingerprint density at radius 3 is 2.68 bits per heavy atom. The SMILES string of the molecule is CC(C)(C)CC(=O)NC1C(c2cccs2)N(Cc2ccncc2)CCC1(C)O. The summed E-state index contributed by atoms with van der Waals surface area (Å²) in [5, 5.41) is 16.4. The van der Waals surface area contributed by atoms with Gasteiger partial charge >= 0.3 is 0 Å². The molecule has 1 aliphatic heterocycles. The Balaban J connectivity index is 1.89. The van der Waals surface area contributed by atoms with Crippen molar-refractivity contribution >= 4 is 17.2 Å². The van der Waals surface area contributed by atoms with Crippen LogP contribution in [0.5, 0.6) is 0 Å². The minimum Gasteiger partial charge on any atom is -0.388 e. The van der Waals surface area contributed by atoms with Crippen LogP contribution in [-0.4, -0.2) is 39.1 Å². The number of piperidine rings is 1. The van der Waals surface area contributed by atoms with Crippen LogP contribution in [0.15, 0.2) is 42.0 Å². The first-order valence-corrected chi connectivity index (χ1v) is 10.7. The maximum atomic E-state index is 12.7. The van der Waals surface area contributed by atoms with Crippen LogP contribution in [0.2, 0.25) is 0 Å². The number of nitrogens with zero attached hydrogens (tertiary/aromatic N) is 2. The van der Waals surface area contributed by atoms with Gasteiger partial charge in [-0.25, -0.2) is 0 Å². The van der Waals surface area contributed by atoms with Crippen molar-refractivity contribution in [1.29, 1.82) is 0 Å². The summed E-state index contributed by atoms with van der Waals surface area (Å²) in [4.78, 5) is 20.4. The highest BCUT2D eigenvalue weighted by atomic mass is 32.1. The topological polar surface area (TPSA) is 65.5 Å². The molecule has 2 N–H and O–H groups in total. The molecule has 28 heavy (non-hydrogen) atoms. The van der Waals surface area contributed by atoms with Crippen molar-refractivity contribution in [1.82, 2.24) is 15.2 Å². The number of amides is 1. The van der Waals surface area contributed by atoms with Gasteiger partial charge in [0.15, 0.2) is 0 Å². The van der Waals surface area contributed by atoms with Crippen molar-refractivity contribution < 1.29 is 9.90 Å². The van der Waals surface area contributed by atoms with Gasteiger partial charge in [0.05, 0.1) is 17.7 Å². The van der Waals surface area contributed by atoms with Crippen molar-refractivity contribution in [3.8, 4) is 0 Å². The van der Waals surface area contributed by atoms with Crippen LogP contribution >= 0.6 is 11.3 Å². The largest absolute Gasteiger partial charge is 0.388 e. The highest BCUT2D eigenvalue weighted by Crippen LogP contribution is 2.39. The smallest absolute Gasteiger partial charge is 0.220 e. The van der Waals surface area contributed by atoms with Crippen LogP contribution in [0.25, 0.3) is 0 Å². The molecule has 0 saturated carbocycles. The molecule has 6 heteroatoms. The fourth-order valence-electron chi connectivity index (χ4n) is 3.86. The summed E-state index contributed by atoms with van der Waals surface area (Å²) in [6.07, 6.45) is 4.65. The van der Waals surface area contributed by atoms with Gasteiger partial charge in [-0.1, -0.05) is 26.8 Å². The Morgan fingerprint density at radius 1 is 1.36 bits per heavy atom. The first kappa shape index (κ1) is 21.0. The van der Waals surface area contributed by atoms with Crippen molar-refractivity contribution in [2.45, 2.75) is 64.8 Å². The molecular formula is C22H31N3O2S. The van der Waals surface area contributed by atoms with E-state index >= 15 is 0 Å². The van der Waals surface area contributed by atoms with E-state index in [1.165, 1.54) is 5.56 Å². The molecule has 0 aromatic carbocycles. The molecule has 2 aromatic heterocycles. The summed E-state index contributed by atoms with van der Waals surface area (Å²) >= 11 is 1.67. The Bertz CT molecular complexity index is 769. The van der Waals surface area contributed by atoms with E-state index in [1.54, 1.807) is 23.7 Å². The van der Waals surface area contributed by atoms with Crippen LogP contribution in [-0.2, 0) is 11.3 Å². The summed E-state index contributed by atoms with van der Waals surface area (Å²) in [6.45, 7) is 9.53. The summed E-state index contributed by atoms with van der Waals surface area (Å²) in [5.74, 6) is -0.00917. The van der Waals surface area contributed by atoms with Crippen molar-refractivity contribution in [2.75, 3.05) is 6.54 Å². The zero-order valence-electron chi connectivity index (χ0n) is 17.2. The third kappa shape index (κ3) is 5.19. The number of pyridine rings is 1. The van der Waals surface area contributed by atoms with Gasteiger partial charge in [-0.3, -0.25) is 14.7 Å². The van der Waals surface area contributed by atoms with Gasteiger partial charge in [-0.2, -0.15) is 0 Å². The lowest BCUT2D eigenvalue weighted by molar-refractivity contribution is -0.130. The van der Waals surface area contributed by atoms with E-state index in [0.29, 0.717) is 12.8 Å². The number of hydrogen-bond donors (Lipinski definition) is 2. The lowest BCUT2D eigenvalue weighted by Gasteiger charge is -2.49. The Labute approximate surface area is 171 Å². The van der Waals surface area contributed by atoms with Crippen LogP contribution in [0.3, 0.4) is 0 Å². The molecule has 152 valence electrons. The second-order valence-electron chi connectivity index (χ2n) is 9.18. The van der Waals surface area contributed by atoms with E-state index < -0.39 is 5.60 Å². The lowest BCUT2D eigenvalue weighted by atomic mass is 9.81. The first-order valence-electron chi connectivity index (χ1n) is 9.84. The van der Waals surface area contributed by atoms with Gasteiger partial charge in [0.25, 0.3) is 0 Å².